The van der Waals surface area contributed by atoms with Gasteiger partial charge in [0.1, 0.15) is 0 Å². The van der Waals surface area contributed by atoms with Crippen molar-refractivity contribution in [1.29, 1.82) is 0 Å². The molecular formula is C17H18N4O3S. The summed E-state index contributed by atoms with van der Waals surface area (Å²) in [4.78, 5) is 30.8. The zero-order chi connectivity index (χ0) is 17.6. The number of amides is 1. The van der Waals surface area contributed by atoms with Crippen LogP contribution >= 0.6 is 11.8 Å². The molecule has 0 unspecified atom stereocenters. The van der Waals surface area contributed by atoms with Gasteiger partial charge < -0.3 is 9.80 Å². The lowest BCUT2D eigenvalue weighted by Gasteiger charge is -2.36. The molecule has 1 aliphatic rings. The van der Waals surface area contributed by atoms with Gasteiger partial charge in [-0.3, -0.25) is 14.9 Å². The molecule has 1 aromatic heterocycles. The Kier molecular flexibility index (Phi) is 5.49. The third-order valence-corrected chi connectivity index (χ3v) is 4.97. The Morgan fingerprint density at radius 3 is 2.44 bits per heavy atom. The molecule has 130 valence electrons. The van der Waals surface area contributed by atoms with E-state index < -0.39 is 4.92 Å². The number of rotatable bonds is 5. The average molecular weight is 358 g/mol. The topological polar surface area (TPSA) is 79.6 Å². The largest absolute Gasteiger partial charge is 0.368 e. The highest BCUT2D eigenvalue weighted by molar-refractivity contribution is 7.99. The van der Waals surface area contributed by atoms with Crippen LogP contribution in [0.4, 0.5) is 11.4 Å². The highest BCUT2D eigenvalue weighted by atomic mass is 32.2. The van der Waals surface area contributed by atoms with Crippen LogP contribution in [0.1, 0.15) is 0 Å². The highest BCUT2D eigenvalue weighted by Gasteiger charge is 2.21. The van der Waals surface area contributed by atoms with Gasteiger partial charge in [0.15, 0.2) is 0 Å². The van der Waals surface area contributed by atoms with Crippen LogP contribution in [0.5, 0.6) is 0 Å². The summed E-state index contributed by atoms with van der Waals surface area (Å²) < 4.78 is 0. The number of carbonyl (C=O) groups excluding carboxylic acids is 1. The quantitative estimate of drug-likeness (QED) is 0.464. The summed E-state index contributed by atoms with van der Waals surface area (Å²) in [6.45, 7) is 2.74. The highest BCUT2D eigenvalue weighted by Crippen LogP contribution is 2.21. The molecule has 25 heavy (non-hydrogen) atoms. The average Bonchev–Trinajstić information content (AvgIpc) is 2.67. The number of nitro benzene ring substituents is 1. The normalized spacial score (nSPS) is 14.4. The van der Waals surface area contributed by atoms with E-state index >= 15 is 0 Å². The molecule has 0 aliphatic carbocycles. The van der Waals surface area contributed by atoms with Crippen molar-refractivity contribution >= 4 is 29.0 Å². The summed E-state index contributed by atoms with van der Waals surface area (Å²) in [6.07, 6.45) is 1.72. The number of anilines is 1. The second-order valence-corrected chi connectivity index (χ2v) is 6.59. The minimum atomic E-state index is -0.403. The van der Waals surface area contributed by atoms with Gasteiger partial charge in [-0.15, -0.1) is 0 Å². The summed E-state index contributed by atoms with van der Waals surface area (Å²) in [5.74, 6) is 0.494. The Morgan fingerprint density at radius 2 is 1.84 bits per heavy atom. The van der Waals surface area contributed by atoms with Crippen molar-refractivity contribution in [3.8, 4) is 0 Å². The summed E-state index contributed by atoms with van der Waals surface area (Å²) in [5, 5.41) is 11.6. The number of piperazine rings is 1. The number of benzene rings is 1. The molecule has 3 rings (SSSR count). The minimum absolute atomic E-state index is 0.0871. The molecule has 2 heterocycles. The first-order valence-corrected chi connectivity index (χ1v) is 8.93. The number of non-ortho nitro benzene ring substituents is 1. The van der Waals surface area contributed by atoms with Crippen molar-refractivity contribution in [3.05, 3.63) is 58.8 Å². The standard InChI is InChI=1S/C17H18N4O3S/c22-17(13-25-16-3-1-2-8-18-16)20-11-9-19(10-12-20)14-4-6-15(7-5-14)21(23)24/h1-8H,9-13H2. The van der Waals surface area contributed by atoms with Crippen molar-refractivity contribution in [2.45, 2.75) is 5.03 Å². The molecule has 0 bridgehead atoms. The maximum atomic E-state index is 12.3. The number of thioether (sulfide) groups is 1. The third-order valence-electron chi connectivity index (χ3n) is 4.04. The second kappa shape index (κ2) is 7.98. The summed E-state index contributed by atoms with van der Waals surface area (Å²) >= 11 is 1.44. The minimum Gasteiger partial charge on any atom is -0.368 e. The van der Waals surface area contributed by atoms with Crippen molar-refractivity contribution in [2.75, 3.05) is 36.8 Å². The zero-order valence-corrected chi connectivity index (χ0v) is 14.4. The van der Waals surface area contributed by atoms with E-state index in [-0.39, 0.29) is 11.6 Å². The van der Waals surface area contributed by atoms with Gasteiger partial charge in [-0.2, -0.15) is 0 Å². The van der Waals surface area contributed by atoms with Gasteiger partial charge in [0.05, 0.1) is 15.7 Å². The van der Waals surface area contributed by atoms with Gasteiger partial charge in [-0.1, -0.05) is 17.8 Å². The Labute approximate surface area is 149 Å². The lowest BCUT2D eigenvalue weighted by molar-refractivity contribution is -0.384. The van der Waals surface area contributed by atoms with Crippen LogP contribution < -0.4 is 4.90 Å². The number of nitrogens with zero attached hydrogens (tertiary/aromatic N) is 4. The molecule has 1 amide bonds. The van der Waals surface area contributed by atoms with Crippen LogP contribution in [0.2, 0.25) is 0 Å². The first-order chi connectivity index (χ1) is 12.1. The second-order valence-electron chi connectivity index (χ2n) is 5.60. The maximum Gasteiger partial charge on any atom is 0.269 e. The van der Waals surface area contributed by atoms with Crippen LogP contribution in [0, 0.1) is 10.1 Å². The summed E-state index contributed by atoms with van der Waals surface area (Å²) in [7, 11) is 0. The summed E-state index contributed by atoms with van der Waals surface area (Å²) in [6, 6.07) is 12.2. The molecule has 1 aliphatic heterocycles. The monoisotopic (exact) mass is 358 g/mol. The molecule has 0 atom stereocenters. The van der Waals surface area contributed by atoms with E-state index in [9.17, 15) is 14.9 Å². The van der Waals surface area contributed by atoms with Gasteiger partial charge in [-0.05, 0) is 24.3 Å². The maximum absolute atomic E-state index is 12.3. The predicted octanol–water partition coefficient (Wildman–Crippen LogP) is 2.43. The van der Waals surface area contributed by atoms with Crippen LogP contribution in [-0.4, -0.2) is 52.6 Å². The van der Waals surface area contributed by atoms with E-state index in [1.54, 1.807) is 18.3 Å². The molecule has 7 nitrogen and oxygen atoms in total. The Hall–Kier alpha value is -2.61. The molecule has 8 heteroatoms. The van der Waals surface area contributed by atoms with Crippen LogP contribution in [0.3, 0.4) is 0 Å². The van der Waals surface area contributed by atoms with Gasteiger partial charge in [0.2, 0.25) is 5.91 Å². The van der Waals surface area contributed by atoms with Crippen molar-refractivity contribution in [3.63, 3.8) is 0 Å². The fraction of sp³-hybridized carbons (Fsp3) is 0.294. The Morgan fingerprint density at radius 1 is 1.12 bits per heavy atom. The fourth-order valence-electron chi connectivity index (χ4n) is 2.66. The molecule has 0 N–H and O–H groups in total. The van der Waals surface area contributed by atoms with E-state index in [1.165, 1.54) is 23.9 Å². The number of aromatic nitrogens is 1. The Bertz CT molecular complexity index is 731. The van der Waals surface area contributed by atoms with E-state index in [4.69, 9.17) is 0 Å². The molecule has 0 radical (unpaired) electrons. The van der Waals surface area contributed by atoms with Crippen molar-refractivity contribution < 1.29 is 9.72 Å². The van der Waals surface area contributed by atoms with Crippen LogP contribution in [0.15, 0.2) is 53.7 Å². The fourth-order valence-corrected chi connectivity index (χ4v) is 3.42. The predicted molar refractivity (Wildman–Crippen MR) is 96.9 cm³/mol. The van der Waals surface area contributed by atoms with E-state index in [0.29, 0.717) is 18.8 Å². The van der Waals surface area contributed by atoms with E-state index in [0.717, 1.165) is 23.8 Å². The van der Waals surface area contributed by atoms with Crippen molar-refractivity contribution in [1.82, 2.24) is 9.88 Å². The molecule has 1 aromatic carbocycles. The zero-order valence-electron chi connectivity index (χ0n) is 13.6. The Balaban J connectivity index is 1.49. The lowest BCUT2D eigenvalue weighted by atomic mass is 10.2. The molecule has 0 saturated carbocycles. The van der Waals surface area contributed by atoms with Gasteiger partial charge >= 0.3 is 0 Å². The first kappa shape index (κ1) is 17.2. The number of pyridine rings is 1. The number of nitro groups is 1. The molecule has 1 fully saturated rings. The lowest BCUT2D eigenvalue weighted by Crippen LogP contribution is -2.49. The first-order valence-electron chi connectivity index (χ1n) is 7.94. The molecule has 1 saturated heterocycles. The SMILES string of the molecule is O=C(CSc1ccccn1)N1CCN(c2ccc([N+](=O)[O-])cc2)CC1. The van der Waals surface area contributed by atoms with Crippen molar-refractivity contribution in [2.24, 2.45) is 0 Å². The number of hydrogen-bond acceptors (Lipinski definition) is 6. The summed E-state index contributed by atoms with van der Waals surface area (Å²) in [5.41, 5.74) is 1.03. The van der Waals surface area contributed by atoms with E-state index in [1.807, 2.05) is 23.1 Å². The van der Waals surface area contributed by atoms with Gasteiger partial charge in [-0.25, -0.2) is 4.98 Å². The molecule has 2 aromatic rings. The van der Waals surface area contributed by atoms with Gasteiger partial charge in [0.25, 0.3) is 5.69 Å². The van der Waals surface area contributed by atoms with Gasteiger partial charge in [0, 0.05) is 50.2 Å². The van der Waals surface area contributed by atoms with E-state index in [2.05, 4.69) is 9.88 Å². The van der Waals surface area contributed by atoms with Crippen LogP contribution in [-0.2, 0) is 4.79 Å². The molecule has 0 spiro atoms. The van der Waals surface area contributed by atoms with Crippen LogP contribution in [0.25, 0.3) is 0 Å². The number of hydrogen-bond donors (Lipinski definition) is 0. The smallest absolute Gasteiger partial charge is 0.269 e. The third kappa shape index (κ3) is 4.48. The molecular weight excluding hydrogens is 340 g/mol. The number of carbonyl (C=O) groups is 1.